The van der Waals surface area contributed by atoms with E-state index in [9.17, 15) is 14.0 Å². The lowest BCUT2D eigenvalue weighted by Crippen LogP contribution is -2.15. The van der Waals surface area contributed by atoms with Crippen LogP contribution in [-0.2, 0) is 4.79 Å². The van der Waals surface area contributed by atoms with Gasteiger partial charge in [-0.3, -0.25) is 9.59 Å². The number of carbonyl (C=O) groups excluding carboxylic acids is 1. The van der Waals surface area contributed by atoms with Gasteiger partial charge in [-0.05, 0) is 19.1 Å². The number of aliphatic carboxylic acids is 1. The summed E-state index contributed by atoms with van der Waals surface area (Å²) in [5.74, 6) is -2.93. The molecule has 0 fully saturated rings. The molecule has 0 radical (unpaired) electrons. The lowest BCUT2D eigenvalue weighted by Gasteiger charge is -2.06. The highest BCUT2D eigenvalue weighted by Gasteiger charge is 2.19. The second-order valence-corrected chi connectivity index (χ2v) is 3.85. The topological polar surface area (TPSA) is 54.4 Å². The van der Waals surface area contributed by atoms with E-state index in [0.717, 1.165) is 5.56 Å². The summed E-state index contributed by atoms with van der Waals surface area (Å²) in [6.45, 7) is 3.17. The van der Waals surface area contributed by atoms with Crippen LogP contribution in [0.3, 0.4) is 0 Å². The number of carboxylic acids is 1. The summed E-state index contributed by atoms with van der Waals surface area (Å²) in [7, 11) is 0. The monoisotopic (exact) mass is 224 g/mol. The SMILES string of the molecule is Cc1ccc(F)c(C(=O)CC(C)C(=O)O)c1. The molecule has 1 unspecified atom stereocenters. The minimum absolute atomic E-state index is 0.0342. The Morgan fingerprint density at radius 3 is 2.62 bits per heavy atom. The number of hydrogen-bond donors (Lipinski definition) is 1. The van der Waals surface area contributed by atoms with Gasteiger partial charge in [0.2, 0.25) is 0 Å². The molecule has 86 valence electrons. The van der Waals surface area contributed by atoms with Gasteiger partial charge in [0.25, 0.3) is 0 Å². The molecule has 0 bridgehead atoms. The number of carbonyl (C=O) groups is 2. The normalized spacial score (nSPS) is 12.2. The van der Waals surface area contributed by atoms with Crippen molar-refractivity contribution in [2.24, 2.45) is 5.92 Å². The number of benzene rings is 1. The van der Waals surface area contributed by atoms with Gasteiger partial charge in [0.15, 0.2) is 5.78 Å². The molecule has 0 aliphatic heterocycles. The minimum atomic E-state index is -1.05. The third-order valence-electron chi connectivity index (χ3n) is 2.34. The summed E-state index contributed by atoms with van der Waals surface area (Å²) in [5.41, 5.74) is 0.737. The van der Waals surface area contributed by atoms with Crippen molar-refractivity contribution in [3.63, 3.8) is 0 Å². The van der Waals surface area contributed by atoms with E-state index in [4.69, 9.17) is 5.11 Å². The summed E-state index contributed by atoms with van der Waals surface area (Å²) in [6, 6.07) is 4.22. The fraction of sp³-hybridized carbons (Fsp3) is 0.333. The molecule has 1 atom stereocenters. The zero-order valence-electron chi connectivity index (χ0n) is 9.16. The Bertz CT molecular complexity index is 426. The molecular weight excluding hydrogens is 211 g/mol. The Labute approximate surface area is 92.9 Å². The van der Waals surface area contributed by atoms with E-state index in [1.165, 1.54) is 19.1 Å². The number of carboxylic acid groups (broad SMARTS) is 1. The molecule has 0 saturated heterocycles. The molecule has 3 nitrogen and oxygen atoms in total. The maximum Gasteiger partial charge on any atom is 0.306 e. The molecule has 4 heteroatoms. The number of halogens is 1. The highest BCUT2D eigenvalue weighted by Crippen LogP contribution is 2.15. The van der Waals surface area contributed by atoms with E-state index in [-0.39, 0.29) is 12.0 Å². The standard InChI is InChI=1S/C12H13FO3/c1-7-3-4-10(13)9(5-7)11(14)6-8(2)12(15)16/h3-5,8H,6H2,1-2H3,(H,15,16). The lowest BCUT2D eigenvalue weighted by molar-refractivity contribution is -0.141. The first-order valence-electron chi connectivity index (χ1n) is 4.94. The Kier molecular flexibility index (Phi) is 3.77. The third-order valence-corrected chi connectivity index (χ3v) is 2.34. The maximum absolute atomic E-state index is 13.3. The molecule has 0 aliphatic carbocycles. The van der Waals surface area contributed by atoms with Crippen molar-refractivity contribution in [1.82, 2.24) is 0 Å². The molecule has 0 aromatic heterocycles. The fourth-order valence-corrected chi connectivity index (χ4v) is 1.33. The van der Waals surface area contributed by atoms with Gasteiger partial charge >= 0.3 is 5.97 Å². The van der Waals surface area contributed by atoms with Gasteiger partial charge in [-0.1, -0.05) is 18.6 Å². The van der Waals surface area contributed by atoms with Gasteiger partial charge in [-0.15, -0.1) is 0 Å². The highest BCUT2D eigenvalue weighted by atomic mass is 19.1. The third kappa shape index (κ3) is 2.89. The second kappa shape index (κ2) is 4.88. The summed E-state index contributed by atoms with van der Waals surface area (Å²) in [6.07, 6.45) is -0.185. The van der Waals surface area contributed by atoms with Gasteiger partial charge in [0.05, 0.1) is 11.5 Å². The molecular formula is C12H13FO3. The number of hydrogen-bond acceptors (Lipinski definition) is 2. The van der Waals surface area contributed by atoms with E-state index in [0.29, 0.717) is 0 Å². The first-order chi connectivity index (χ1) is 7.41. The average molecular weight is 224 g/mol. The first kappa shape index (κ1) is 12.4. The van der Waals surface area contributed by atoms with Crippen LogP contribution in [-0.4, -0.2) is 16.9 Å². The highest BCUT2D eigenvalue weighted by molar-refractivity contribution is 5.98. The van der Waals surface area contributed by atoms with Crippen molar-refractivity contribution in [1.29, 1.82) is 0 Å². The van der Waals surface area contributed by atoms with Gasteiger partial charge in [0, 0.05) is 6.42 Å². The Balaban J connectivity index is 2.88. The van der Waals surface area contributed by atoms with E-state index in [2.05, 4.69) is 0 Å². The van der Waals surface area contributed by atoms with Crippen LogP contribution >= 0.6 is 0 Å². The van der Waals surface area contributed by atoms with Crippen molar-refractivity contribution in [3.05, 3.63) is 35.1 Å². The molecule has 0 saturated carbocycles. The van der Waals surface area contributed by atoms with Crippen LogP contribution in [0, 0.1) is 18.7 Å². The lowest BCUT2D eigenvalue weighted by atomic mass is 9.98. The van der Waals surface area contributed by atoms with E-state index in [1.807, 2.05) is 0 Å². The molecule has 1 aromatic carbocycles. The summed E-state index contributed by atoms with van der Waals surface area (Å²) in [5, 5.41) is 8.66. The Hall–Kier alpha value is -1.71. The molecule has 1 aromatic rings. The first-order valence-corrected chi connectivity index (χ1v) is 4.94. The molecule has 16 heavy (non-hydrogen) atoms. The minimum Gasteiger partial charge on any atom is -0.481 e. The molecule has 0 heterocycles. The smallest absolute Gasteiger partial charge is 0.306 e. The van der Waals surface area contributed by atoms with E-state index >= 15 is 0 Å². The van der Waals surface area contributed by atoms with Crippen molar-refractivity contribution in [3.8, 4) is 0 Å². The van der Waals surface area contributed by atoms with Crippen LogP contribution in [0.4, 0.5) is 4.39 Å². The molecule has 0 amide bonds. The Morgan fingerprint density at radius 2 is 2.06 bits per heavy atom. The van der Waals surface area contributed by atoms with Crippen LogP contribution in [0.2, 0.25) is 0 Å². The van der Waals surface area contributed by atoms with Gasteiger partial charge in [0.1, 0.15) is 5.82 Å². The summed E-state index contributed by atoms with van der Waals surface area (Å²) < 4.78 is 13.3. The predicted molar refractivity (Wildman–Crippen MR) is 56.9 cm³/mol. The van der Waals surface area contributed by atoms with Gasteiger partial charge in [-0.25, -0.2) is 4.39 Å². The fourth-order valence-electron chi connectivity index (χ4n) is 1.33. The zero-order chi connectivity index (χ0) is 12.3. The zero-order valence-corrected chi connectivity index (χ0v) is 9.16. The van der Waals surface area contributed by atoms with Crippen LogP contribution in [0.25, 0.3) is 0 Å². The summed E-state index contributed by atoms with van der Waals surface area (Å²) >= 11 is 0. The van der Waals surface area contributed by atoms with Crippen molar-refractivity contribution in [2.75, 3.05) is 0 Å². The van der Waals surface area contributed by atoms with Crippen molar-refractivity contribution < 1.29 is 19.1 Å². The van der Waals surface area contributed by atoms with Gasteiger partial charge < -0.3 is 5.11 Å². The van der Waals surface area contributed by atoms with Crippen LogP contribution in [0.15, 0.2) is 18.2 Å². The van der Waals surface area contributed by atoms with E-state index < -0.39 is 23.5 Å². The number of Topliss-reactive ketones (excluding diaryl/α,β-unsaturated/α-hetero) is 1. The molecule has 0 spiro atoms. The molecule has 1 rings (SSSR count). The maximum atomic E-state index is 13.3. The summed E-state index contributed by atoms with van der Waals surface area (Å²) in [4.78, 5) is 22.2. The number of ketones is 1. The van der Waals surface area contributed by atoms with Gasteiger partial charge in [-0.2, -0.15) is 0 Å². The predicted octanol–water partition coefficient (Wildman–Crippen LogP) is 2.43. The quantitative estimate of drug-likeness (QED) is 0.799. The second-order valence-electron chi connectivity index (χ2n) is 3.85. The average Bonchev–Trinajstić information content (AvgIpc) is 2.21. The van der Waals surface area contributed by atoms with Crippen LogP contribution in [0.5, 0.6) is 0 Å². The van der Waals surface area contributed by atoms with Crippen molar-refractivity contribution in [2.45, 2.75) is 20.3 Å². The van der Waals surface area contributed by atoms with E-state index in [1.54, 1.807) is 13.0 Å². The van der Waals surface area contributed by atoms with Crippen LogP contribution in [0.1, 0.15) is 29.3 Å². The Morgan fingerprint density at radius 1 is 1.44 bits per heavy atom. The number of aryl methyl sites for hydroxylation is 1. The van der Waals surface area contributed by atoms with Crippen molar-refractivity contribution >= 4 is 11.8 Å². The largest absolute Gasteiger partial charge is 0.481 e. The molecule has 0 aliphatic rings. The number of rotatable bonds is 4. The molecule has 1 N–H and O–H groups in total. The van der Waals surface area contributed by atoms with Crippen LogP contribution < -0.4 is 0 Å².